The van der Waals surface area contributed by atoms with E-state index in [0.717, 1.165) is 3.57 Å². The summed E-state index contributed by atoms with van der Waals surface area (Å²) in [5.74, 6) is -1.06. The maximum Gasteiger partial charge on any atom is 0.186 e. The number of nitrogens with zero attached hydrogens (tertiary/aromatic N) is 2. The van der Waals surface area contributed by atoms with Crippen molar-refractivity contribution in [2.75, 3.05) is 0 Å². The Morgan fingerprint density at radius 3 is 2.72 bits per heavy atom. The summed E-state index contributed by atoms with van der Waals surface area (Å²) in [4.78, 5) is 16.3. The lowest BCUT2D eigenvalue weighted by Crippen LogP contribution is -2.12. The highest BCUT2D eigenvalue weighted by atomic mass is 127. The van der Waals surface area contributed by atoms with Gasteiger partial charge in [0.2, 0.25) is 0 Å². The van der Waals surface area contributed by atoms with Gasteiger partial charge in [0, 0.05) is 15.3 Å². The number of carbonyl (C=O) groups is 1. The van der Waals surface area contributed by atoms with Gasteiger partial charge in [0.05, 0.1) is 11.8 Å². The summed E-state index contributed by atoms with van der Waals surface area (Å²) in [6.07, 6.45) is 1.59. The second-order valence-electron chi connectivity index (χ2n) is 3.69. The summed E-state index contributed by atoms with van der Waals surface area (Å²) in [7, 11) is 0. The van der Waals surface area contributed by atoms with Gasteiger partial charge in [-0.05, 0) is 46.9 Å². The van der Waals surface area contributed by atoms with Gasteiger partial charge in [-0.2, -0.15) is 5.26 Å². The molecular formula is C14H9IN2O. The van der Waals surface area contributed by atoms with Gasteiger partial charge in [-0.15, -0.1) is 0 Å². The molecule has 0 aliphatic heterocycles. The minimum Gasteiger partial charge on any atom is -0.292 e. The number of hydrogen-bond acceptors (Lipinski definition) is 3. The van der Waals surface area contributed by atoms with Crippen molar-refractivity contribution in [3.05, 3.63) is 63.5 Å². The van der Waals surface area contributed by atoms with Gasteiger partial charge in [-0.1, -0.05) is 18.2 Å². The number of hydrogen-bond donors (Lipinski definition) is 0. The van der Waals surface area contributed by atoms with Gasteiger partial charge in [-0.3, -0.25) is 9.78 Å². The first-order chi connectivity index (χ1) is 8.72. The Balaban J connectivity index is 2.36. The normalized spacial score (nSPS) is 11.6. The number of halogens is 1. The maximum atomic E-state index is 12.3. The highest BCUT2D eigenvalue weighted by molar-refractivity contribution is 14.1. The van der Waals surface area contributed by atoms with Crippen molar-refractivity contribution in [1.29, 1.82) is 5.26 Å². The monoisotopic (exact) mass is 348 g/mol. The largest absolute Gasteiger partial charge is 0.292 e. The topological polar surface area (TPSA) is 53.8 Å². The molecular weight excluding hydrogens is 339 g/mol. The van der Waals surface area contributed by atoms with Gasteiger partial charge >= 0.3 is 0 Å². The summed E-state index contributed by atoms with van der Waals surface area (Å²) < 4.78 is 0.969. The summed E-state index contributed by atoms with van der Waals surface area (Å²) in [6, 6.07) is 14.4. The molecule has 1 aromatic carbocycles. The number of Topliss-reactive ketones (excluding diaryl/α,β-unsaturated/α-hetero) is 1. The van der Waals surface area contributed by atoms with Gasteiger partial charge in [0.1, 0.15) is 0 Å². The minimum absolute atomic E-state index is 0.213. The highest BCUT2D eigenvalue weighted by Crippen LogP contribution is 2.19. The first-order valence-electron chi connectivity index (χ1n) is 5.32. The fourth-order valence-electron chi connectivity index (χ4n) is 1.61. The molecule has 3 nitrogen and oxygen atoms in total. The Hall–Kier alpha value is -1.74. The third kappa shape index (κ3) is 2.74. The van der Waals surface area contributed by atoms with E-state index in [9.17, 15) is 4.79 Å². The van der Waals surface area contributed by atoms with Crippen LogP contribution in [0.15, 0.2) is 48.7 Å². The summed E-state index contributed by atoms with van der Waals surface area (Å²) in [5.41, 5.74) is 1.03. The fraction of sp³-hybridized carbons (Fsp3) is 0.0714. The lowest BCUT2D eigenvalue weighted by molar-refractivity contribution is 0.0977. The van der Waals surface area contributed by atoms with Gasteiger partial charge in [0.15, 0.2) is 11.7 Å². The van der Waals surface area contributed by atoms with Crippen LogP contribution in [0.4, 0.5) is 0 Å². The average molecular weight is 348 g/mol. The van der Waals surface area contributed by atoms with E-state index in [4.69, 9.17) is 5.26 Å². The van der Waals surface area contributed by atoms with E-state index in [1.807, 2.05) is 18.2 Å². The lowest BCUT2D eigenvalue weighted by Gasteiger charge is -2.07. The Kier molecular flexibility index (Phi) is 4.05. The molecule has 18 heavy (non-hydrogen) atoms. The number of aromatic nitrogens is 1. The van der Waals surface area contributed by atoms with Crippen molar-refractivity contribution in [3.63, 3.8) is 0 Å². The number of ketones is 1. The smallest absolute Gasteiger partial charge is 0.186 e. The molecule has 2 aromatic rings. The van der Waals surface area contributed by atoms with Crippen LogP contribution in [0.5, 0.6) is 0 Å². The zero-order valence-electron chi connectivity index (χ0n) is 9.38. The van der Waals surface area contributed by atoms with Gasteiger partial charge < -0.3 is 0 Å². The van der Waals surface area contributed by atoms with Crippen LogP contribution in [-0.4, -0.2) is 10.8 Å². The second kappa shape index (κ2) is 5.74. The molecule has 88 valence electrons. The van der Waals surface area contributed by atoms with Crippen molar-refractivity contribution in [2.24, 2.45) is 0 Å². The standard InChI is InChI=1S/C14H9IN2O/c15-11-5-3-4-10(8-11)14(18)12(9-16)13-6-1-2-7-17-13/h1-8,12H/t12-/m1/s1. The predicted molar refractivity (Wildman–Crippen MR) is 76.1 cm³/mol. The Morgan fingerprint density at radius 2 is 2.11 bits per heavy atom. The summed E-state index contributed by atoms with van der Waals surface area (Å²) in [5, 5.41) is 9.17. The Bertz CT molecular complexity index is 605. The van der Waals surface area contributed by atoms with E-state index in [0.29, 0.717) is 11.3 Å². The van der Waals surface area contributed by atoms with Crippen LogP contribution < -0.4 is 0 Å². The average Bonchev–Trinajstić information content (AvgIpc) is 2.41. The van der Waals surface area contributed by atoms with Crippen LogP contribution in [0.25, 0.3) is 0 Å². The number of pyridine rings is 1. The maximum absolute atomic E-state index is 12.3. The summed E-state index contributed by atoms with van der Waals surface area (Å²) >= 11 is 2.14. The van der Waals surface area contributed by atoms with E-state index in [-0.39, 0.29) is 5.78 Å². The van der Waals surface area contributed by atoms with Crippen LogP contribution in [-0.2, 0) is 0 Å². The molecule has 0 saturated carbocycles. The van der Waals surface area contributed by atoms with Crippen LogP contribution in [0, 0.1) is 14.9 Å². The molecule has 0 unspecified atom stereocenters. The van der Waals surface area contributed by atoms with Crippen LogP contribution >= 0.6 is 22.6 Å². The van der Waals surface area contributed by atoms with E-state index in [1.165, 1.54) is 0 Å². The third-order valence-corrected chi connectivity index (χ3v) is 3.15. The second-order valence-corrected chi connectivity index (χ2v) is 4.94. The Labute approximate surface area is 119 Å². The molecule has 0 bridgehead atoms. The van der Waals surface area contributed by atoms with Crippen LogP contribution in [0.1, 0.15) is 22.0 Å². The van der Waals surface area contributed by atoms with Crippen molar-refractivity contribution >= 4 is 28.4 Å². The minimum atomic E-state index is -0.843. The van der Waals surface area contributed by atoms with E-state index in [2.05, 4.69) is 27.6 Å². The number of benzene rings is 1. The third-order valence-electron chi connectivity index (χ3n) is 2.48. The predicted octanol–water partition coefficient (Wildman–Crippen LogP) is 3.18. The zero-order valence-corrected chi connectivity index (χ0v) is 11.5. The molecule has 2 rings (SSSR count). The molecule has 0 aliphatic carbocycles. The van der Waals surface area contributed by atoms with E-state index >= 15 is 0 Å². The highest BCUT2D eigenvalue weighted by Gasteiger charge is 2.22. The SMILES string of the molecule is N#C[C@@H](C(=O)c1cccc(I)c1)c1ccccn1. The van der Waals surface area contributed by atoms with Gasteiger partial charge in [0.25, 0.3) is 0 Å². The van der Waals surface area contributed by atoms with Gasteiger partial charge in [-0.25, -0.2) is 0 Å². The van der Waals surface area contributed by atoms with Crippen molar-refractivity contribution < 1.29 is 4.79 Å². The van der Waals surface area contributed by atoms with E-state index in [1.54, 1.807) is 36.5 Å². The molecule has 4 heteroatoms. The zero-order chi connectivity index (χ0) is 13.0. The molecule has 0 radical (unpaired) electrons. The first kappa shape index (κ1) is 12.7. The number of carbonyl (C=O) groups excluding carboxylic acids is 1. The van der Waals surface area contributed by atoms with Crippen LogP contribution in [0.3, 0.4) is 0 Å². The molecule has 0 spiro atoms. The summed E-state index contributed by atoms with van der Waals surface area (Å²) in [6.45, 7) is 0. The molecule has 1 atom stereocenters. The number of rotatable bonds is 3. The molecule has 1 aromatic heterocycles. The lowest BCUT2D eigenvalue weighted by atomic mass is 9.95. The van der Waals surface area contributed by atoms with E-state index < -0.39 is 5.92 Å². The van der Waals surface area contributed by atoms with Crippen molar-refractivity contribution in [3.8, 4) is 6.07 Å². The molecule has 0 amide bonds. The molecule has 0 N–H and O–H groups in total. The van der Waals surface area contributed by atoms with Crippen LogP contribution in [0.2, 0.25) is 0 Å². The molecule has 0 fully saturated rings. The van der Waals surface area contributed by atoms with Crippen molar-refractivity contribution in [1.82, 2.24) is 4.98 Å². The fourth-order valence-corrected chi connectivity index (χ4v) is 2.16. The molecule has 1 heterocycles. The molecule has 0 aliphatic rings. The molecule has 0 saturated heterocycles. The first-order valence-corrected chi connectivity index (χ1v) is 6.40. The quantitative estimate of drug-likeness (QED) is 0.632. The van der Waals surface area contributed by atoms with Crippen molar-refractivity contribution in [2.45, 2.75) is 5.92 Å². The number of nitriles is 1. The Morgan fingerprint density at radius 1 is 1.28 bits per heavy atom.